The van der Waals surface area contributed by atoms with Gasteiger partial charge in [-0.05, 0) is 26.0 Å². The highest BCUT2D eigenvalue weighted by Crippen LogP contribution is 2.35. The smallest absolute Gasteiger partial charge is 0.240 e. The lowest BCUT2D eigenvalue weighted by molar-refractivity contribution is 0.565. The van der Waals surface area contributed by atoms with Gasteiger partial charge >= 0.3 is 0 Å². The van der Waals surface area contributed by atoms with Crippen molar-refractivity contribution in [2.24, 2.45) is 4.99 Å². The van der Waals surface area contributed by atoms with Gasteiger partial charge < -0.3 is 4.57 Å². The minimum absolute atomic E-state index is 0.288. The number of aliphatic imine (C=N–C) groups is 1. The summed E-state index contributed by atoms with van der Waals surface area (Å²) in [4.78, 5) is 14.1. The van der Waals surface area contributed by atoms with E-state index in [2.05, 4.69) is 18.8 Å². The Morgan fingerprint density at radius 3 is 2.81 bits per heavy atom. The predicted octanol–water partition coefficient (Wildman–Crippen LogP) is 3.84. The number of halogens is 1. The Hall–Kier alpha value is -1.57. The zero-order chi connectivity index (χ0) is 11.7. The number of aromatic nitrogens is 1. The van der Waals surface area contributed by atoms with Crippen LogP contribution in [0.4, 0.5) is 5.69 Å². The maximum absolute atomic E-state index is 10.4. The zero-order valence-electron chi connectivity index (χ0n) is 9.07. The lowest BCUT2D eigenvalue weighted by Gasteiger charge is -2.08. The van der Waals surface area contributed by atoms with Gasteiger partial charge in [0, 0.05) is 17.6 Å². The minimum Gasteiger partial charge on any atom is -0.343 e. The van der Waals surface area contributed by atoms with Crippen LogP contribution in [0.2, 0.25) is 5.02 Å². The molecule has 0 radical (unpaired) electrons. The second-order valence-corrected chi connectivity index (χ2v) is 4.26. The molecule has 2 aromatic rings. The maximum atomic E-state index is 10.4. The van der Waals surface area contributed by atoms with Crippen molar-refractivity contribution < 1.29 is 4.79 Å². The van der Waals surface area contributed by atoms with Gasteiger partial charge in [0.25, 0.3) is 0 Å². The number of carbonyl (C=O) groups excluding carboxylic acids is 1. The van der Waals surface area contributed by atoms with Gasteiger partial charge in [-0.2, -0.15) is 4.99 Å². The molecule has 16 heavy (non-hydrogen) atoms. The largest absolute Gasteiger partial charge is 0.343 e. The van der Waals surface area contributed by atoms with Crippen molar-refractivity contribution in [2.75, 3.05) is 0 Å². The third-order valence-corrected chi connectivity index (χ3v) is 2.82. The maximum Gasteiger partial charge on any atom is 0.240 e. The second-order valence-electron chi connectivity index (χ2n) is 3.85. The number of rotatable bonds is 2. The van der Waals surface area contributed by atoms with Crippen molar-refractivity contribution in [3.05, 3.63) is 29.4 Å². The Labute approximate surface area is 98.4 Å². The van der Waals surface area contributed by atoms with Crippen LogP contribution in [0, 0.1) is 0 Å². The highest BCUT2D eigenvalue weighted by atomic mass is 35.5. The van der Waals surface area contributed by atoms with Crippen LogP contribution < -0.4 is 0 Å². The van der Waals surface area contributed by atoms with Crippen molar-refractivity contribution in [1.29, 1.82) is 0 Å². The summed E-state index contributed by atoms with van der Waals surface area (Å²) in [6.45, 7) is 4.13. The summed E-state index contributed by atoms with van der Waals surface area (Å²) in [5.74, 6) is 0. The highest BCUT2D eigenvalue weighted by Gasteiger charge is 2.12. The lowest BCUT2D eigenvalue weighted by atomic mass is 10.2. The SMILES string of the molecule is CC(C)n1cc(N=C=O)c2c(Cl)cccc21. The van der Waals surface area contributed by atoms with E-state index in [0.717, 1.165) is 10.9 Å². The first kappa shape index (κ1) is 10.9. The topological polar surface area (TPSA) is 34.4 Å². The molecular formula is C12H11ClN2O. The van der Waals surface area contributed by atoms with Gasteiger partial charge in [0.1, 0.15) is 5.69 Å². The van der Waals surface area contributed by atoms with Crippen molar-refractivity contribution in [3.8, 4) is 0 Å². The van der Waals surface area contributed by atoms with E-state index in [1.807, 2.05) is 22.9 Å². The molecule has 0 saturated heterocycles. The monoisotopic (exact) mass is 234 g/mol. The van der Waals surface area contributed by atoms with E-state index < -0.39 is 0 Å². The Balaban J connectivity index is 2.87. The molecule has 0 spiro atoms. The molecular weight excluding hydrogens is 224 g/mol. The van der Waals surface area contributed by atoms with Crippen LogP contribution in [0.15, 0.2) is 29.4 Å². The fraction of sp³-hybridized carbons (Fsp3) is 0.250. The van der Waals surface area contributed by atoms with Crippen molar-refractivity contribution in [3.63, 3.8) is 0 Å². The molecule has 0 amide bonds. The van der Waals surface area contributed by atoms with Crippen LogP contribution in [0.5, 0.6) is 0 Å². The third-order valence-electron chi connectivity index (χ3n) is 2.51. The van der Waals surface area contributed by atoms with E-state index in [-0.39, 0.29) is 6.04 Å². The summed E-state index contributed by atoms with van der Waals surface area (Å²) in [5, 5.41) is 1.41. The Kier molecular flexibility index (Phi) is 2.82. The first-order valence-corrected chi connectivity index (χ1v) is 5.40. The molecule has 0 saturated carbocycles. The van der Waals surface area contributed by atoms with Crippen molar-refractivity contribution >= 4 is 34.3 Å². The molecule has 0 aliphatic carbocycles. The van der Waals surface area contributed by atoms with Crippen LogP contribution >= 0.6 is 11.6 Å². The molecule has 1 heterocycles. The molecule has 0 N–H and O–H groups in total. The molecule has 0 atom stereocenters. The van der Waals surface area contributed by atoms with Gasteiger partial charge in [-0.3, -0.25) is 0 Å². The number of hydrogen-bond donors (Lipinski definition) is 0. The fourth-order valence-corrected chi connectivity index (χ4v) is 2.07. The van der Waals surface area contributed by atoms with Crippen LogP contribution in [0.1, 0.15) is 19.9 Å². The Morgan fingerprint density at radius 1 is 1.44 bits per heavy atom. The van der Waals surface area contributed by atoms with Crippen LogP contribution in [0.25, 0.3) is 10.9 Å². The number of fused-ring (bicyclic) bond motifs is 1. The van der Waals surface area contributed by atoms with E-state index in [4.69, 9.17) is 11.6 Å². The zero-order valence-corrected chi connectivity index (χ0v) is 9.82. The van der Waals surface area contributed by atoms with Gasteiger partial charge in [-0.15, -0.1) is 0 Å². The standard InChI is InChI=1S/C12H11ClN2O/c1-8(2)15-6-10(14-7-16)12-9(13)4-3-5-11(12)15/h3-6,8H,1-2H3. The first-order chi connectivity index (χ1) is 7.65. The van der Waals surface area contributed by atoms with Crippen LogP contribution in [0.3, 0.4) is 0 Å². The van der Waals surface area contributed by atoms with Crippen LogP contribution in [-0.2, 0) is 4.79 Å². The quantitative estimate of drug-likeness (QED) is 0.574. The molecule has 1 aromatic heterocycles. The Bertz CT molecular complexity index is 580. The minimum atomic E-state index is 0.288. The van der Waals surface area contributed by atoms with E-state index in [9.17, 15) is 4.79 Å². The van der Waals surface area contributed by atoms with E-state index in [1.165, 1.54) is 0 Å². The lowest BCUT2D eigenvalue weighted by Crippen LogP contribution is -1.97. The third kappa shape index (κ3) is 1.64. The van der Waals surface area contributed by atoms with Gasteiger partial charge in [0.2, 0.25) is 6.08 Å². The summed E-state index contributed by atoms with van der Waals surface area (Å²) in [6.07, 6.45) is 3.38. The predicted molar refractivity (Wildman–Crippen MR) is 65.1 cm³/mol. The molecule has 0 fully saturated rings. The number of nitrogens with zero attached hydrogens (tertiary/aromatic N) is 2. The summed E-state index contributed by atoms with van der Waals surface area (Å²) >= 11 is 6.11. The van der Waals surface area contributed by atoms with E-state index >= 15 is 0 Å². The molecule has 0 bridgehead atoms. The second kappa shape index (κ2) is 4.12. The van der Waals surface area contributed by atoms with Gasteiger partial charge in [-0.1, -0.05) is 17.7 Å². The number of hydrogen-bond acceptors (Lipinski definition) is 2. The average Bonchev–Trinajstić information content (AvgIpc) is 2.59. The molecule has 0 aliphatic heterocycles. The summed E-state index contributed by atoms with van der Waals surface area (Å²) in [7, 11) is 0. The molecule has 0 unspecified atom stereocenters. The summed E-state index contributed by atoms with van der Waals surface area (Å²) in [6, 6.07) is 5.93. The molecule has 4 heteroatoms. The van der Waals surface area contributed by atoms with E-state index in [0.29, 0.717) is 10.7 Å². The normalized spacial score (nSPS) is 10.8. The summed E-state index contributed by atoms with van der Waals surface area (Å²) in [5.41, 5.74) is 1.56. The molecule has 82 valence electrons. The molecule has 1 aromatic carbocycles. The van der Waals surface area contributed by atoms with E-state index in [1.54, 1.807) is 12.1 Å². The number of isocyanates is 1. The van der Waals surface area contributed by atoms with Crippen molar-refractivity contribution in [2.45, 2.75) is 19.9 Å². The summed E-state index contributed by atoms with van der Waals surface area (Å²) < 4.78 is 2.04. The molecule has 3 nitrogen and oxygen atoms in total. The molecule has 0 aliphatic rings. The van der Waals surface area contributed by atoms with Gasteiger partial charge in [-0.25, -0.2) is 4.79 Å². The van der Waals surface area contributed by atoms with Crippen molar-refractivity contribution in [1.82, 2.24) is 4.57 Å². The fourth-order valence-electron chi connectivity index (χ4n) is 1.81. The van der Waals surface area contributed by atoms with Gasteiger partial charge in [0.15, 0.2) is 0 Å². The number of benzene rings is 1. The van der Waals surface area contributed by atoms with Gasteiger partial charge in [0.05, 0.1) is 10.5 Å². The average molecular weight is 235 g/mol. The van der Waals surface area contributed by atoms with Crippen LogP contribution in [-0.4, -0.2) is 10.6 Å². The highest BCUT2D eigenvalue weighted by molar-refractivity contribution is 6.36. The Morgan fingerprint density at radius 2 is 2.19 bits per heavy atom. The molecule has 2 rings (SSSR count). The first-order valence-electron chi connectivity index (χ1n) is 5.02.